The number of carboxylic acids is 1. The molecule has 0 heterocycles. The Kier molecular flexibility index (Phi) is 5.74. The van der Waals surface area contributed by atoms with Crippen LogP contribution in [-0.2, 0) is 4.79 Å². The van der Waals surface area contributed by atoms with Crippen LogP contribution in [0.2, 0.25) is 0 Å². The number of carbonyl (C=O) groups excluding carboxylic acids is 1. The fourth-order valence-corrected chi connectivity index (χ4v) is 1.83. The fraction of sp³-hybridized carbons (Fsp3) is 0.167. The maximum absolute atomic E-state index is 13.3. The molecular formula is C12H12FIN2O3. The standard InChI is InChI=1S/C12H12FIN2O3/c1-2-6-16(7-10(17)18)12(19)15-9-5-3-4-8(13)11(9)14/h2-5H,1,6-7H2,(H,15,19)(H,17,18). The van der Waals surface area contributed by atoms with Gasteiger partial charge in [0.2, 0.25) is 0 Å². The van der Waals surface area contributed by atoms with Gasteiger partial charge in [-0.2, -0.15) is 0 Å². The molecule has 7 heteroatoms. The first-order chi connectivity index (χ1) is 8.95. The minimum atomic E-state index is -1.13. The number of carbonyl (C=O) groups is 2. The van der Waals surface area contributed by atoms with Gasteiger partial charge in [0.05, 0.1) is 9.26 Å². The van der Waals surface area contributed by atoms with Crippen LogP contribution in [-0.4, -0.2) is 35.1 Å². The number of nitrogens with zero attached hydrogens (tertiary/aromatic N) is 1. The summed E-state index contributed by atoms with van der Waals surface area (Å²) in [6.07, 6.45) is 1.42. The lowest BCUT2D eigenvalue weighted by atomic mass is 10.3. The summed E-state index contributed by atoms with van der Waals surface area (Å²) in [6, 6.07) is 3.65. The molecule has 2 amide bonds. The summed E-state index contributed by atoms with van der Waals surface area (Å²) in [5.41, 5.74) is 0.296. The van der Waals surface area contributed by atoms with Gasteiger partial charge in [0.1, 0.15) is 12.4 Å². The van der Waals surface area contributed by atoms with Crippen LogP contribution in [0.3, 0.4) is 0 Å². The average molecular weight is 378 g/mol. The minimum absolute atomic E-state index is 0.0873. The molecule has 1 aromatic rings. The number of urea groups is 1. The number of halogens is 2. The third kappa shape index (κ3) is 4.51. The van der Waals surface area contributed by atoms with E-state index in [1.165, 1.54) is 24.3 Å². The average Bonchev–Trinajstić information content (AvgIpc) is 2.34. The predicted octanol–water partition coefficient (Wildman–Crippen LogP) is 2.53. The summed E-state index contributed by atoms with van der Waals surface area (Å²) in [5.74, 6) is -1.59. The molecule has 0 bridgehead atoms. The molecule has 0 saturated carbocycles. The SMILES string of the molecule is C=CCN(CC(=O)O)C(=O)Nc1cccc(F)c1I. The van der Waals surface area contributed by atoms with Gasteiger partial charge in [0.15, 0.2) is 0 Å². The molecule has 0 aromatic heterocycles. The van der Waals surface area contributed by atoms with Crippen molar-refractivity contribution in [1.82, 2.24) is 4.90 Å². The Bertz CT molecular complexity index is 508. The van der Waals surface area contributed by atoms with E-state index in [0.717, 1.165) is 4.90 Å². The highest BCUT2D eigenvalue weighted by molar-refractivity contribution is 14.1. The first kappa shape index (κ1) is 15.4. The summed E-state index contributed by atoms with van der Waals surface area (Å²) in [6.45, 7) is 3.09. The Balaban J connectivity index is 2.83. The lowest BCUT2D eigenvalue weighted by Crippen LogP contribution is -2.39. The molecule has 1 aromatic carbocycles. The smallest absolute Gasteiger partial charge is 0.323 e. The van der Waals surface area contributed by atoms with E-state index in [1.807, 2.05) is 0 Å². The van der Waals surface area contributed by atoms with Gasteiger partial charge in [-0.15, -0.1) is 6.58 Å². The van der Waals surface area contributed by atoms with Crippen molar-refractivity contribution in [3.8, 4) is 0 Å². The van der Waals surface area contributed by atoms with Crippen molar-refractivity contribution in [2.45, 2.75) is 0 Å². The van der Waals surface area contributed by atoms with Crippen molar-refractivity contribution in [2.75, 3.05) is 18.4 Å². The molecule has 1 rings (SSSR count). The third-order valence-corrected chi connectivity index (χ3v) is 3.25. The molecule has 0 radical (unpaired) electrons. The van der Waals surface area contributed by atoms with Gasteiger partial charge in [-0.1, -0.05) is 12.1 Å². The quantitative estimate of drug-likeness (QED) is 0.611. The van der Waals surface area contributed by atoms with Gasteiger partial charge < -0.3 is 15.3 Å². The van der Waals surface area contributed by atoms with Gasteiger partial charge >= 0.3 is 12.0 Å². The number of benzene rings is 1. The van der Waals surface area contributed by atoms with E-state index < -0.39 is 24.4 Å². The fourth-order valence-electron chi connectivity index (χ4n) is 1.33. The Hall–Kier alpha value is -1.64. The van der Waals surface area contributed by atoms with E-state index in [2.05, 4.69) is 11.9 Å². The zero-order chi connectivity index (χ0) is 14.4. The van der Waals surface area contributed by atoms with Crippen LogP contribution in [0.5, 0.6) is 0 Å². The van der Waals surface area contributed by atoms with Crippen LogP contribution in [0, 0.1) is 9.39 Å². The zero-order valence-corrected chi connectivity index (χ0v) is 12.1. The topological polar surface area (TPSA) is 69.6 Å². The summed E-state index contributed by atoms with van der Waals surface area (Å²) < 4.78 is 13.6. The van der Waals surface area contributed by atoms with Gasteiger partial charge in [-0.3, -0.25) is 4.79 Å². The van der Waals surface area contributed by atoms with Gasteiger partial charge in [0.25, 0.3) is 0 Å². The van der Waals surface area contributed by atoms with Crippen molar-refractivity contribution in [1.29, 1.82) is 0 Å². The van der Waals surface area contributed by atoms with Crippen molar-refractivity contribution >= 4 is 40.3 Å². The second-order valence-corrected chi connectivity index (χ2v) is 4.67. The summed E-state index contributed by atoms with van der Waals surface area (Å²) in [4.78, 5) is 23.6. The first-order valence-corrected chi connectivity index (χ1v) is 6.36. The predicted molar refractivity (Wildman–Crippen MR) is 77.5 cm³/mol. The molecule has 0 aliphatic rings. The van der Waals surface area contributed by atoms with Crippen molar-refractivity contribution in [2.24, 2.45) is 0 Å². The molecular weight excluding hydrogens is 366 g/mol. The van der Waals surface area contributed by atoms with Gasteiger partial charge in [-0.25, -0.2) is 9.18 Å². The van der Waals surface area contributed by atoms with Crippen molar-refractivity contribution in [3.63, 3.8) is 0 Å². The van der Waals surface area contributed by atoms with E-state index >= 15 is 0 Å². The van der Waals surface area contributed by atoms with Crippen LogP contribution in [0.15, 0.2) is 30.9 Å². The summed E-state index contributed by atoms with van der Waals surface area (Å²) in [7, 11) is 0. The molecule has 0 unspecified atom stereocenters. The van der Waals surface area contributed by atoms with E-state index in [4.69, 9.17) is 5.11 Å². The van der Waals surface area contributed by atoms with E-state index in [9.17, 15) is 14.0 Å². The second-order valence-electron chi connectivity index (χ2n) is 3.59. The Labute approximate surface area is 123 Å². The van der Waals surface area contributed by atoms with Crippen LogP contribution >= 0.6 is 22.6 Å². The Morgan fingerprint density at radius 2 is 2.21 bits per heavy atom. The van der Waals surface area contributed by atoms with Gasteiger partial charge in [0, 0.05) is 6.54 Å². The molecule has 2 N–H and O–H groups in total. The number of rotatable bonds is 5. The highest BCUT2D eigenvalue weighted by atomic mass is 127. The molecule has 0 atom stereocenters. The highest BCUT2D eigenvalue weighted by Gasteiger charge is 2.17. The second kappa shape index (κ2) is 7.07. The molecule has 0 spiro atoms. The third-order valence-electron chi connectivity index (χ3n) is 2.16. The van der Waals surface area contributed by atoms with E-state index in [0.29, 0.717) is 5.69 Å². The zero-order valence-electron chi connectivity index (χ0n) is 9.90. The van der Waals surface area contributed by atoms with E-state index in [1.54, 1.807) is 22.6 Å². The number of amides is 2. The highest BCUT2D eigenvalue weighted by Crippen LogP contribution is 2.21. The van der Waals surface area contributed by atoms with E-state index in [-0.39, 0.29) is 10.1 Å². The first-order valence-electron chi connectivity index (χ1n) is 5.28. The largest absolute Gasteiger partial charge is 0.480 e. The number of nitrogens with one attached hydrogen (secondary N) is 1. The summed E-state index contributed by atoms with van der Waals surface area (Å²) >= 11 is 1.76. The number of carboxylic acid groups (broad SMARTS) is 1. The number of anilines is 1. The lowest BCUT2D eigenvalue weighted by Gasteiger charge is -2.20. The van der Waals surface area contributed by atoms with Crippen LogP contribution in [0.1, 0.15) is 0 Å². The molecule has 0 fully saturated rings. The molecule has 5 nitrogen and oxygen atoms in total. The molecule has 19 heavy (non-hydrogen) atoms. The maximum Gasteiger partial charge on any atom is 0.323 e. The molecule has 0 aliphatic heterocycles. The Morgan fingerprint density at radius 3 is 2.79 bits per heavy atom. The molecule has 0 saturated heterocycles. The van der Waals surface area contributed by atoms with Crippen molar-refractivity contribution < 1.29 is 19.1 Å². The number of hydrogen-bond acceptors (Lipinski definition) is 2. The lowest BCUT2D eigenvalue weighted by molar-refractivity contribution is -0.137. The monoisotopic (exact) mass is 378 g/mol. The number of aliphatic carboxylic acids is 1. The van der Waals surface area contributed by atoms with Gasteiger partial charge in [-0.05, 0) is 34.7 Å². The number of hydrogen-bond donors (Lipinski definition) is 2. The minimum Gasteiger partial charge on any atom is -0.480 e. The molecule has 102 valence electrons. The normalized spacial score (nSPS) is 9.79. The summed E-state index contributed by atoms with van der Waals surface area (Å²) in [5, 5.41) is 11.2. The maximum atomic E-state index is 13.3. The van der Waals surface area contributed by atoms with Crippen LogP contribution in [0.4, 0.5) is 14.9 Å². The van der Waals surface area contributed by atoms with Crippen molar-refractivity contribution in [3.05, 3.63) is 40.2 Å². The Morgan fingerprint density at radius 1 is 1.53 bits per heavy atom. The van der Waals surface area contributed by atoms with Crippen LogP contribution in [0.25, 0.3) is 0 Å². The van der Waals surface area contributed by atoms with Crippen LogP contribution < -0.4 is 5.32 Å². The molecule has 0 aliphatic carbocycles.